The molecule has 0 saturated carbocycles. The Morgan fingerprint density at radius 1 is 1.59 bits per heavy atom. The van der Waals surface area contributed by atoms with Crippen molar-refractivity contribution in [2.75, 3.05) is 18.9 Å². The third-order valence-corrected chi connectivity index (χ3v) is 1.96. The van der Waals surface area contributed by atoms with E-state index in [0.29, 0.717) is 5.65 Å². The number of hydrogen-bond donors (Lipinski definition) is 3. The summed E-state index contributed by atoms with van der Waals surface area (Å²) in [5, 5.41) is 8.56. The molecule has 0 aromatic carbocycles. The first-order valence-electron chi connectivity index (χ1n) is 4.61. The molecule has 0 spiro atoms. The van der Waals surface area contributed by atoms with Gasteiger partial charge < -0.3 is 15.6 Å². The van der Waals surface area contributed by atoms with Gasteiger partial charge in [0.1, 0.15) is 6.73 Å². The number of ether oxygens (including phenoxy) is 1. The number of aliphatic hydroxyl groups excluding tert-OH is 1. The van der Waals surface area contributed by atoms with Crippen molar-refractivity contribution in [1.82, 2.24) is 19.5 Å². The molecule has 88 valence electrons. The average molecular weight is 265 g/mol. The Kier molecular flexibility index (Phi) is 5.72. The van der Waals surface area contributed by atoms with Crippen LogP contribution in [0, 0.1) is 0 Å². The molecule has 0 atom stereocenters. The molecule has 0 saturated heterocycles. The molecule has 8 nitrogen and oxygen atoms in total. The molecule has 2 rings (SSSR count). The number of fused-ring (bicyclic) bond motifs is 1. The molecule has 0 aliphatic carbocycles. The van der Waals surface area contributed by atoms with Gasteiger partial charge >= 0.3 is 51.4 Å². The molecule has 4 N–H and O–H groups in total. The number of nitrogens with one attached hydrogen (secondary N) is 1. The van der Waals surface area contributed by atoms with E-state index in [1.54, 1.807) is 0 Å². The molecule has 9 heteroatoms. The number of hydrogen-bond acceptors (Lipinski definition) is 6. The Labute approximate surface area is 139 Å². The number of nitrogens with zero attached hydrogens (tertiary/aromatic N) is 3. The first-order chi connectivity index (χ1) is 7.72. The third-order valence-electron chi connectivity index (χ3n) is 1.96. The summed E-state index contributed by atoms with van der Waals surface area (Å²) >= 11 is 0. The van der Waals surface area contributed by atoms with Crippen LogP contribution in [-0.2, 0) is 11.5 Å². The molecule has 17 heavy (non-hydrogen) atoms. The van der Waals surface area contributed by atoms with Gasteiger partial charge in [0.05, 0.1) is 19.5 Å². The van der Waals surface area contributed by atoms with Crippen LogP contribution in [0.4, 0.5) is 5.95 Å². The second-order valence-electron chi connectivity index (χ2n) is 3.10. The fourth-order valence-electron chi connectivity index (χ4n) is 1.29. The molecule has 0 amide bonds. The minimum absolute atomic E-state index is 0. The summed E-state index contributed by atoms with van der Waals surface area (Å²) in [5.41, 5.74) is 5.60. The van der Waals surface area contributed by atoms with E-state index in [2.05, 4.69) is 15.0 Å². The maximum absolute atomic E-state index is 11.4. The van der Waals surface area contributed by atoms with E-state index < -0.39 is 0 Å². The maximum atomic E-state index is 11.4. The van der Waals surface area contributed by atoms with Gasteiger partial charge in [-0.15, -0.1) is 0 Å². The van der Waals surface area contributed by atoms with Crippen LogP contribution in [0.3, 0.4) is 0 Å². The summed E-state index contributed by atoms with van der Waals surface area (Å²) in [6.07, 6.45) is 1.43. The summed E-state index contributed by atoms with van der Waals surface area (Å²) in [5.74, 6) is 0.0291. The van der Waals surface area contributed by atoms with Crippen LogP contribution >= 0.6 is 0 Å². The first kappa shape index (κ1) is 14.8. The molecular formula is C8H12KN5O3. The van der Waals surface area contributed by atoms with Gasteiger partial charge in [-0.25, -0.2) is 4.98 Å². The molecule has 2 aromatic rings. The predicted molar refractivity (Wildman–Crippen MR) is 62.7 cm³/mol. The number of aliphatic hydroxyl groups is 1. The van der Waals surface area contributed by atoms with Gasteiger partial charge in [-0.05, 0) is 0 Å². The zero-order chi connectivity index (χ0) is 11.5. The Balaban J connectivity index is 0.00000144. The van der Waals surface area contributed by atoms with E-state index in [0.717, 1.165) is 0 Å². The summed E-state index contributed by atoms with van der Waals surface area (Å²) < 4.78 is 6.63. The van der Waals surface area contributed by atoms with Gasteiger partial charge in [-0.3, -0.25) is 14.3 Å². The fraction of sp³-hybridized carbons (Fsp3) is 0.375. The van der Waals surface area contributed by atoms with Crippen LogP contribution in [0.5, 0.6) is 0 Å². The van der Waals surface area contributed by atoms with Gasteiger partial charge in [0.2, 0.25) is 5.95 Å². The number of nitrogens with two attached hydrogens (primary N) is 1. The topological polar surface area (TPSA) is 119 Å². The number of aromatic nitrogens is 4. The number of anilines is 1. The third kappa shape index (κ3) is 3.34. The van der Waals surface area contributed by atoms with E-state index in [-0.39, 0.29) is 88.4 Å². The van der Waals surface area contributed by atoms with Crippen LogP contribution in [0.25, 0.3) is 11.2 Å². The van der Waals surface area contributed by atoms with E-state index in [4.69, 9.17) is 15.6 Å². The Morgan fingerprint density at radius 2 is 2.35 bits per heavy atom. The molecule has 0 fully saturated rings. The fourth-order valence-corrected chi connectivity index (χ4v) is 1.29. The molecule has 2 heterocycles. The van der Waals surface area contributed by atoms with Crippen LogP contribution in [0.15, 0.2) is 11.1 Å². The standard InChI is InChI=1S/C8H11N5O3.K.H/c9-8-11-6-5(7(15)12-8)10-3-13(6)4-16-2-1-14;;/h3,14H,1-2,4H2,(H3,9,11,12,15);;. The van der Waals surface area contributed by atoms with Crippen molar-refractivity contribution in [1.29, 1.82) is 0 Å². The molecule has 0 bridgehead atoms. The van der Waals surface area contributed by atoms with Crippen molar-refractivity contribution in [2.24, 2.45) is 0 Å². The second-order valence-corrected chi connectivity index (χ2v) is 3.10. The molecule has 2 aromatic heterocycles. The minimum atomic E-state index is -0.386. The van der Waals surface area contributed by atoms with Crippen molar-refractivity contribution in [3.63, 3.8) is 0 Å². The van der Waals surface area contributed by atoms with Gasteiger partial charge in [0.15, 0.2) is 11.2 Å². The van der Waals surface area contributed by atoms with E-state index in [1.807, 2.05) is 0 Å². The van der Waals surface area contributed by atoms with Crippen molar-refractivity contribution < 1.29 is 9.84 Å². The van der Waals surface area contributed by atoms with Gasteiger partial charge in [-0.2, -0.15) is 4.98 Å². The monoisotopic (exact) mass is 265 g/mol. The molecular weight excluding hydrogens is 253 g/mol. The summed E-state index contributed by atoms with van der Waals surface area (Å²) in [6, 6.07) is 0. The van der Waals surface area contributed by atoms with E-state index in [9.17, 15) is 4.79 Å². The number of rotatable bonds is 4. The Bertz CT molecular complexity index is 552. The van der Waals surface area contributed by atoms with Crippen LogP contribution in [0.1, 0.15) is 0 Å². The van der Waals surface area contributed by atoms with Crippen LogP contribution in [-0.4, -0.2) is 89.2 Å². The number of imidazole rings is 1. The zero-order valence-corrected chi connectivity index (χ0v) is 8.38. The van der Waals surface area contributed by atoms with Crippen molar-refractivity contribution in [2.45, 2.75) is 6.73 Å². The van der Waals surface area contributed by atoms with Gasteiger partial charge in [0.25, 0.3) is 5.56 Å². The number of nitrogen functional groups attached to an aromatic ring is 1. The Hall–Kier alpha value is -0.294. The van der Waals surface area contributed by atoms with Crippen LogP contribution < -0.4 is 11.3 Å². The van der Waals surface area contributed by atoms with Gasteiger partial charge in [-0.1, -0.05) is 0 Å². The normalized spacial score (nSPS) is 10.4. The SMILES string of the molecule is Nc1nc2c(ncn2COCCO)c(=O)[nH]1.[KH]. The quantitative estimate of drug-likeness (QED) is 0.435. The molecule has 0 aliphatic heterocycles. The Morgan fingerprint density at radius 3 is 3.06 bits per heavy atom. The van der Waals surface area contributed by atoms with Crippen LogP contribution in [0.2, 0.25) is 0 Å². The number of H-pyrrole nitrogens is 1. The molecule has 0 radical (unpaired) electrons. The summed E-state index contributed by atoms with van der Waals surface area (Å²) in [6.45, 7) is 0.300. The zero-order valence-electron chi connectivity index (χ0n) is 8.38. The van der Waals surface area contributed by atoms with Crippen molar-refractivity contribution >= 4 is 68.5 Å². The molecule has 0 unspecified atom stereocenters. The first-order valence-corrected chi connectivity index (χ1v) is 4.61. The van der Waals surface area contributed by atoms with E-state index >= 15 is 0 Å². The number of aromatic amines is 1. The second kappa shape index (κ2) is 6.59. The van der Waals surface area contributed by atoms with Crippen molar-refractivity contribution in [3.8, 4) is 0 Å². The summed E-state index contributed by atoms with van der Waals surface area (Å²) in [4.78, 5) is 21.6. The van der Waals surface area contributed by atoms with E-state index in [1.165, 1.54) is 10.9 Å². The average Bonchev–Trinajstić information content (AvgIpc) is 2.62. The van der Waals surface area contributed by atoms with Gasteiger partial charge in [0, 0.05) is 0 Å². The molecule has 0 aliphatic rings. The predicted octanol–water partition coefficient (Wildman–Crippen LogP) is -1.98. The summed E-state index contributed by atoms with van der Waals surface area (Å²) in [7, 11) is 0. The van der Waals surface area contributed by atoms with Crippen molar-refractivity contribution in [3.05, 3.63) is 16.7 Å².